The third-order valence-corrected chi connectivity index (χ3v) is 5.55. The molecule has 2 atom stereocenters. The predicted molar refractivity (Wildman–Crippen MR) is 115 cm³/mol. The number of likely N-dealkylation sites (tertiary alicyclic amines) is 1. The number of aromatic nitrogens is 1. The molecule has 1 aromatic rings. The summed E-state index contributed by atoms with van der Waals surface area (Å²) in [5.41, 5.74) is 1.12. The predicted octanol–water partition coefficient (Wildman–Crippen LogP) is 1.85. The van der Waals surface area contributed by atoms with Crippen molar-refractivity contribution in [1.29, 1.82) is 0 Å². The molecule has 7 nitrogen and oxygen atoms in total. The fourth-order valence-electron chi connectivity index (χ4n) is 3.99. The van der Waals surface area contributed by atoms with Gasteiger partial charge in [0.15, 0.2) is 5.96 Å². The van der Waals surface area contributed by atoms with Crippen LogP contribution in [0.2, 0.25) is 0 Å². The number of pyridine rings is 1. The van der Waals surface area contributed by atoms with E-state index in [0.717, 1.165) is 56.7 Å². The van der Waals surface area contributed by atoms with E-state index in [1.165, 1.54) is 19.4 Å². The van der Waals surface area contributed by atoms with Crippen LogP contribution in [0.15, 0.2) is 23.3 Å². The van der Waals surface area contributed by atoms with Crippen LogP contribution < -0.4 is 15.5 Å². The second-order valence-corrected chi connectivity index (χ2v) is 7.65. The number of morpholine rings is 1. The Hall–Kier alpha value is -1.86. The largest absolute Gasteiger partial charge is 0.375 e. The topological polar surface area (TPSA) is 65.0 Å². The van der Waals surface area contributed by atoms with Gasteiger partial charge in [0.25, 0.3) is 0 Å². The van der Waals surface area contributed by atoms with Gasteiger partial charge < -0.3 is 20.3 Å². The Kier molecular flexibility index (Phi) is 7.91. The number of rotatable bonds is 7. The van der Waals surface area contributed by atoms with E-state index in [-0.39, 0.29) is 6.10 Å². The molecule has 2 aliphatic heterocycles. The summed E-state index contributed by atoms with van der Waals surface area (Å²) in [7, 11) is 0. The molecule has 28 heavy (non-hydrogen) atoms. The van der Waals surface area contributed by atoms with Crippen molar-refractivity contribution in [3.05, 3.63) is 23.9 Å². The number of hydrogen-bond acceptors (Lipinski definition) is 5. The highest BCUT2D eigenvalue weighted by Gasteiger charge is 2.22. The molecule has 0 spiro atoms. The van der Waals surface area contributed by atoms with Crippen molar-refractivity contribution in [3.8, 4) is 0 Å². The van der Waals surface area contributed by atoms with Gasteiger partial charge in [-0.25, -0.2) is 9.98 Å². The summed E-state index contributed by atoms with van der Waals surface area (Å²) in [6, 6.07) is 4.84. The standard InChI is InChI=1S/C21H36N6O/c1-4-22-21(25-15-19-7-6-10-26(19)5-2)24-14-18-8-9-20(23-13-18)27-11-12-28-17(3)16-27/h8-9,13,17,19H,4-7,10-12,14-16H2,1-3H3,(H2,22,24,25). The van der Waals surface area contributed by atoms with Crippen molar-refractivity contribution >= 4 is 11.8 Å². The summed E-state index contributed by atoms with van der Waals surface area (Å²) < 4.78 is 5.61. The second kappa shape index (κ2) is 10.6. The molecule has 2 N–H and O–H groups in total. The van der Waals surface area contributed by atoms with E-state index >= 15 is 0 Å². The first-order chi connectivity index (χ1) is 13.7. The number of anilines is 1. The molecule has 0 amide bonds. The normalized spacial score (nSPS) is 23.8. The van der Waals surface area contributed by atoms with Crippen molar-refractivity contribution in [1.82, 2.24) is 20.5 Å². The Bertz CT molecular complexity index is 620. The Balaban J connectivity index is 1.53. The molecule has 2 saturated heterocycles. The van der Waals surface area contributed by atoms with E-state index in [9.17, 15) is 0 Å². The number of hydrogen-bond donors (Lipinski definition) is 2. The lowest BCUT2D eigenvalue weighted by Crippen LogP contribution is -2.44. The molecule has 2 unspecified atom stereocenters. The SMILES string of the molecule is CCNC(=NCc1ccc(N2CCOC(C)C2)nc1)NCC1CCCN1CC. The second-order valence-electron chi connectivity index (χ2n) is 7.65. The van der Waals surface area contributed by atoms with Gasteiger partial charge >= 0.3 is 0 Å². The molecule has 1 aromatic heterocycles. The molecule has 0 radical (unpaired) electrons. The minimum absolute atomic E-state index is 0.261. The van der Waals surface area contributed by atoms with Crippen molar-refractivity contribution in [3.63, 3.8) is 0 Å². The summed E-state index contributed by atoms with van der Waals surface area (Å²) >= 11 is 0. The first-order valence-electron chi connectivity index (χ1n) is 10.8. The minimum Gasteiger partial charge on any atom is -0.375 e. The van der Waals surface area contributed by atoms with Gasteiger partial charge in [0.1, 0.15) is 5.82 Å². The van der Waals surface area contributed by atoms with Crippen LogP contribution in [0.3, 0.4) is 0 Å². The van der Waals surface area contributed by atoms with E-state index in [1.54, 1.807) is 0 Å². The fraction of sp³-hybridized carbons (Fsp3) is 0.714. The maximum Gasteiger partial charge on any atom is 0.191 e. The van der Waals surface area contributed by atoms with E-state index in [1.807, 2.05) is 6.20 Å². The van der Waals surface area contributed by atoms with Crippen molar-refractivity contribution in [2.75, 3.05) is 50.8 Å². The van der Waals surface area contributed by atoms with Crippen LogP contribution in [-0.4, -0.2) is 73.9 Å². The number of nitrogens with zero attached hydrogens (tertiary/aromatic N) is 4. The zero-order valence-corrected chi connectivity index (χ0v) is 17.7. The maximum absolute atomic E-state index is 5.61. The molecule has 3 heterocycles. The van der Waals surface area contributed by atoms with Crippen LogP contribution in [0.25, 0.3) is 0 Å². The van der Waals surface area contributed by atoms with Gasteiger partial charge in [-0.15, -0.1) is 0 Å². The lowest BCUT2D eigenvalue weighted by Gasteiger charge is -2.32. The zero-order valence-electron chi connectivity index (χ0n) is 17.7. The first-order valence-corrected chi connectivity index (χ1v) is 10.8. The van der Waals surface area contributed by atoms with Gasteiger partial charge in [0.2, 0.25) is 0 Å². The molecule has 0 saturated carbocycles. The van der Waals surface area contributed by atoms with Gasteiger partial charge in [-0.2, -0.15) is 0 Å². The molecule has 2 fully saturated rings. The summed E-state index contributed by atoms with van der Waals surface area (Å²) in [4.78, 5) is 14.2. The van der Waals surface area contributed by atoms with Crippen LogP contribution in [0.1, 0.15) is 39.2 Å². The summed E-state index contributed by atoms with van der Waals surface area (Å²) in [6.45, 7) is 13.8. The summed E-state index contributed by atoms with van der Waals surface area (Å²) in [5, 5.41) is 6.88. The fourth-order valence-corrected chi connectivity index (χ4v) is 3.99. The molecule has 0 aromatic carbocycles. The van der Waals surface area contributed by atoms with Gasteiger partial charge in [-0.3, -0.25) is 4.90 Å². The highest BCUT2D eigenvalue weighted by Crippen LogP contribution is 2.16. The molecule has 0 bridgehead atoms. The van der Waals surface area contributed by atoms with Gasteiger partial charge in [0, 0.05) is 38.4 Å². The van der Waals surface area contributed by atoms with E-state index in [2.05, 4.69) is 58.3 Å². The zero-order chi connectivity index (χ0) is 19.8. The summed E-state index contributed by atoms with van der Waals surface area (Å²) in [5.74, 6) is 1.91. The summed E-state index contributed by atoms with van der Waals surface area (Å²) in [6.07, 6.45) is 4.77. The van der Waals surface area contributed by atoms with Crippen LogP contribution in [0.4, 0.5) is 5.82 Å². The van der Waals surface area contributed by atoms with E-state index in [0.29, 0.717) is 12.6 Å². The number of aliphatic imine (C=N–C) groups is 1. The minimum atomic E-state index is 0.261. The van der Waals surface area contributed by atoms with E-state index in [4.69, 9.17) is 9.73 Å². The lowest BCUT2D eigenvalue weighted by molar-refractivity contribution is 0.0529. The molecular weight excluding hydrogens is 352 g/mol. The molecule has 156 valence electrons. The van der Waals surface area contributed by atoms with E-state index < -0.39 is 0 Å². The van der Waals surface area contributed by atoms with Gasteiger partial charge in [-0.1, -0.05) is 13.0 Å². The highest BCUT2D eigenvalue weighted by molar-refractivity contribution is 5.79. The smallest absolute Gasteiger partial charge is 0.191 e. The Morgan fingerprint density at radius 2 is 2.18 bits per heavy atom. The van der Waals surface area contributed by atoms with Crippen LogP contribution in [0.5, 0.6) is 0 Å². The number of nitrogens with one attached hydrogen (secondary N) is 2. The molecular formula is C21H36N6O. The molecule has 3 rings (SSSR count). The quantitative estimate of drug-likeness (QED) is 0.549. The lowest BCUT2D eigenvalue weighted by atomic mass is 10.2. The molecule has 7 heteroatoms. The molecule has 0 aliphatic carbocycles. The van der Waals surface area contributed by atoms with Crippen LogP contribution in [0, 0.1) is 0 Å². The molecule has 2 aliphatic rings. The van der Waals surface area contributed by atoms with Crippen molar-refractivity contribution in [2.45, 2.75) is 52.3 Å². The monoisotopic (exact) mass is 388 g/mol. The Morgan fingerprint density at radius 3 is 2.89 bits per heavy atom. The number of likely N-dealkylation sites (N-methyl/N-ethyl adjacent to an activating group) is 1. The average Bonchev–Trinajstić information content (AvgIpc) is 3.18. The van der Waals surface area contributed by atoms with Gasteiger partial charge in [0.05, 0.1) is 19.3 Å². The van der Waals surface area contributed by atoms with Crippen LogP contribution in [-0.2, 0) is 11.3 Å². The Labute approximate surface area is 169 Å². The Morgan fingerprint density at radius 1 is 1.29 bits per heavy atom. The van der Waals surface area contributed by atoms with Crippen LogP contribution >= 0.6 is 0 Å². The number of ether oxygens (including phenoxy) is 1. The van der Waals surface area contributed by atoms with Crippen molar-refractivity contribution in [2.24, 2.45) is 4.99 Å². The number of guanidine groups is 1. The third-order valence-electron chi connectivity index (χ3n) is 5.55. The maximum atomic E-state index is 5.61. The average molecular weight is 389 g/mol. The highest BCUT2D eigenvalue weighted by atomic mass is 16.5. The third kappa shape index (κ3) is 5.82. The van der Waals surface area contributed by atoms with Gasteiger partial charge in [-0.05, 0) is 51.4 Å². The first kappa shape index (κ1) is 20.9. The van der Waals surface area contributed by atoms with Crippen molar-refractivity contribution < 1.29 is 4.74 Å².